The molecule has 0 aliphatic carbocycles. The number of aliphatic hydroxyl groups excluding tert-OH is 1. The van der Waals surface area contributed by atoms with Gasteiger partial charge in [-0.3, -0.25) is 4.90 Å². The van der Waals surface area contributed by atoms with Gasteiger partial charge in [0.1, 0.15) is 0 Å². The molecule has 0 aliphatic heterocycles. The van der Waals surface area contributed by atoms with Gasteiger partial charge in [0.15, 0.2) is 0 Å². The van der Waals surface area contributed by atoms with Crippen molar-refractivity contribution in [2.45, 2.75) is 25.9 Å². The van der Waals surface area contributed by atoms with Crippen molar-refractivity contribution in [1.29, 1.82) is 0 Å². The van der Waals surface area contributed by atoms with Crippen molar-refractivity contribution >= 4 is 0 Å². The van der Waals surface area contributed by atoms with E-state index < -0.39 is 6.10 Å². The summed E-state index contributed by atoms with van der Waals surface area (Å²) in [5, 5.41) is 10.3. The first kappa shape index (κ1) is 18.1. The second-order valence-corrected chi connectivity index (χ2v) is 5.23. The molecular weight excluding hydrogens is 266 g/mol. The van der Waals surface area contributed by atoms with E-state index in [1.807, 2.05) is 12.1 Å². The van der Waals surface area contributed by atoms with Gasteiger partial charge >= 0.3 is 0 Å². The molecule has 1 aromatic carbocycles. The van der Waals surface area contributed by atoms with Crippen molar-refractivity contribution in [3.05, 3.63) is 35.4 Å². The van der Waals surface area contributed by atoms with Gasteiger partial charge in [0.2, 0.25) is 0 Å². The average molecular weight is 295 g/mol. The Morgan fingerprint density at radius 1 is 1.00 bits per heavy atom. The Morgan fingerprint density at radius 2 is 1.57 bits per heavy atom. The molecule has 1 atom stereocenters. The van der Waals surface area contributed by atoms with Gasteiger partial charge in [0, 0.05) is 33.9 Å². The summed E-state index contributed by atoms with van der Waals surface area (Å²) < 4.78 is 10.2. The number of ether oxygens (including phenoxy) is 2. The maximum atomic E-state index is 10.3. The van der Waals surface area contributed by atoms with E-state index in [-0.39, 0.29) is 0 Å². The minimum atomic E-state index is -0.413. The maximum absolute atomic E-state index is 10.3. The van der Waals surface area contributed by atoms with E-state index in [0.29, 0.717) is 13.2 Å². The number of rotatable bonds is 11. The van der Waals surface area contributed by atoms with Crippen LogP contribution in [0.5, 0.6) is 0 Å². The first-order valence-corrected chi connectivity index (χ1v) is 7.68. The summed E-state index contributed by atoms with van der Waals surface area (Å²) in [5.74, 6) is 0. The van der Waals surface area contributed by atoms with Crippen LogP contribution in [0.2, 0.25) is 0 Å². The van der Waals surface area contributed by atoms with Crippen molar-refractivity contribution in [2.75, 3.05) is 47.1 Å². The summed E-state index contributed by atoms with van der Waals surface area (Å²) in [4.78, 5) is 2.26. The monoisotopic (exact) mass is 295 g/mol. The van der Waals surface area contributed by atoms with Crippen LogP contribution in [0.4, 0.5) is 0 Å². The Morgan fingerprint density at radius 3 is 2.05 bits per heavy atom. The van der Waals surface area contributed by atoms with E-state index in [1.54, 1.807) is 14.2 Å². The van der Waals surface area contributed by atoms with Crippen molar-refractivity contribution in [3.8, 4) is 0 Å². The third-order valence-electron chi connectivity index (χ3n) is 3.71. The highest BCUT2D eigenvalue weighted by Gasteiger charge is 2.11. The Hall–Kier alpha value is -0.940. The highest BCUT2D eigenvalue weighted by Crippen LogP contribution is 2.18. The summed E-state index contributed by atoms with van der Waals surface area (Å²) in [6, 6.07) is 8.23. The topological polar surface area (TPSA) is 41.9 Å². The van der Waals surface area contributed by atoms with Crippen LogP contribution >= 0.6 is 0 Å². The third kappa shape index (κ3) is 7.05. The molecule has 0 aromatic heterocycles. The van der Waals surface area contributed by atoms with E-state index in [2.05, 4.69) is 24.0 Å². The fraction of sp³-hybridized carbons (Fsp3) is 0.647. The van der Waals surface area contributed by atoms with Crippen molar-refractivity contribution < 1.29 is 14.6 Å². The summed E-state index contributed by atoms with van der Waals surface area (Å²) in [7, 11) is 3.41. The third-order valence-corrected chi connectivity index (χ3v) is 3.71. The lowest BCUT2D eigenvalue weighted by Gasteiger charge is -2.23. The van der Waals surface area contributed by atoms with Gasteiger partial charge < -0.3 is 14.6 Å². The molecule has 0 amide bonds. The van der Waals surface area contributed by atoms with Crippen LogP contribution in [0.25, 0.3) is 0 Å². The smallest absolute Gasteiger partial charge is 0.0802 e. The normalized spacial score (nSPS) is 12.8. The lowest BCUT2D eigenvalue weighted by molar-refractivity contribution is 0.0945. The molecule has 4 nitrogen and oxygen atoms in total. The first-order valence-electron chi connectivity index (χ1n) is 7.68. The maximum Gasteiger partial charge on any atom is 0.0802 e. The molecule has 4 heteroatoms. The van der Waals surface area contributed by atoms with Crippen LogP contribution in [-0.2, 0) is 15.9 Å². The number of nitrogens with zero attached hydrogens (tertiary/aromatic N) is 1. The molecule has 1 rings (SSSR count). The molecule has 0 radical (unpaired) electrons. The van der Waals surface area contributed by atoms with Crippen molar-refractivity contribution in [3.63, 3.8) is 0 Å². The van der Waals surface area contributed by atoms with Gasteiger partial charge in [-0.25, -0.2) is 0 Å². The largest absolute Gasteiger partial charge is 0.388 e. The quantitative estimate of drug-likeness (QED) is 0.680. The molecule has 0 fully saturated rings. The van der Waals surface area contributed by atoms with Gasteiger partial charge in [-0.2, -0.15) is 0 Å². The zero-order valence-electron chi connectivity index (χ0n) is 13.5. The van der Waals surface area contributed by atoms with E-state index in [9.17, 15) is 5.11 Å². The van der Waals surface area contributed by atoms with Crippen LogP contribution in [0, 0.1) is 0 Å². The van der Waals surface area contributed by atoms with Crippen molar-refractivity contribution in [2.24, 2.45) is 0 Å². The summed E-state index contributed by atoms with van der Waals surface area (Å²) >= 11 is 0. The van der Waals surface area contributed by atoms with Gasteiger partial charge in [-0.1, -0.05) is 31.2 Å². The number of hydrogen-bond acceptors (Lipinski definition) is 4. The Labute approximate surface area is 128 Å². The molecule has 0 saturated carbocycles. The molecule has 0 saturated heterocycles. The Balaban J connectivity index is 2.44. The number of aliphatic hydroxyl groups is 1. The summed E-state index contributed by atoms with van der Waals surface area (Å²) in [6.07, 6.45) is 1.33. The van der Waals surface area contributed by atoms with Gasteiger partial charge in [0.05, 0.1) is 19.3 Å². The van der Waals surface area contributed by atoms with Crippen LogP contribution < -0.4 is 0 Å². The predicted octanol–water partition coefficient (Wildman–Crippen LogP) is 2.27. The molecular formula is C17H29NO3. The molecule has 0 aliphatic rings. The molecule has 21 heavy (non-hydrogen) atoms. The Bertz CT molecular complexity index is 359. The molecule has 1 N–H and O–H groups in total. The molecule has 120 valence electrons. The second-order valence-electron chi connectivity index (χ2n) is 5.23. The van der Waals surface area contributed by atoms with E-state index in [4.69, 9.17) is 9.47 Å². The number of hydrogen-bond donors (Lipinski definition) is 1. The summed E-state index contributed by atoms with van der Waals surface area (Å²) in [6.45, 7) is 6.09. The Kier molecular flexibility index (Phi) is 9.26. The minimum Gasteiger partial charge on any atom is -0.388 e. The van der Waals surface area contributed by atoms with Crippen LogP contribution in [0.15, 0.2) is 24.3 Å². The molecule has 0 spiro atoms. The lowest BCUT2D eigenvalue weighted by atomic mass is 10.0. The zero-order chi connectivity index (χ0) is 15.5. The van der Waals surface area contributed by atoms with E-state index in [0.717, 1.165) is 38.0 Å². The lowest BCUT2D eigenvalue weighted by Crippen LogP contribution is -2.32. The fourth-order valence-electron chi connectivity index (χ4n) is 2.22. The van der Waals surface area contributed by atoms with Crippen LogP contribution in [0.3, 0.4) is 0 Å². The fourth-order valence-corrected chi connectivity index (χ4v) is 2.22. The average Bonchev–Trinajstić information content (AvgIpc) is 2.54. The van der Waals surface area contributed by atoms with Gasteiger partial charge in [-0.15, -0.1) is 0 Å². The number of aryl methyl sites for hydroxylation is 1. The standard InChI is InChI=1S/C17H29NO3/c1-4-15-5-7-16(8-6-15)17(19)9-10-18(11-13-20-2)12-14-21-3/h5-8,17,19H,4,9-14H2,1-3H3. The summed E-state index contributed by atoms with van der Waals surface area (Å²) in [5.41, 5.74) is 2.29. The van der Waals surface area contributed by atoms with Crippen LogP contribution in [0.1, 0.15) is 30.6 Å². The highest BCUT2D eigenvalue weighted by atomic mass is 16.5. The SMILES string of the molecule is CCc1ccc(C(O)CCN(CCOC)CCOC)cc1. The second kappa shape index (κ2) is 10.7. The van der Waals surface area contributed by atoms with Crippen LogP contribution in [-0.4, -0.2) is 57.1 Å². The predicted molar refractivity (Wildman–Crippen MR) is 85.6 cm³/mol. The number of benzene rings is 1. The molecule has 1 unspecified atom stereocenters. The van der Waals surface area contributed by atoms with Crippen molar-refractivity contribution in [1.82, 2.24) is 4.90 Å². The number of methoxy groups -OCH3 is 2. The molecule has 0 bridgehead atoms. The van der Waals surface area contributed by atoms with Gasteiger partial charge in [0.25, 0.3) is 0 Å². The molecule has 1 aromatic rings. The first-order chi connectivity index (χ1) is 10.2. The van der Waals surface area contributed by atoms with Gasteiger partial charge in [-0.05, 0) is 24.0 Å². The molecule has 0 heterocycles. The van der Waals surface area contributed by atoms with E-state index in [1.165, 1.54) is 5.56 Å². The highest BCUT2D eigenvalue weighted by molar-refractivity contribution is 5.24. The minimum absolute atomic E-state index is 0.413. The zero-order valence-corrected chi connectivity index (χ0v) is 13.5. The van der Waals surface area contributed by atoms with E-state index >= 15 is 0 Å².